The van der Waals surface area contributed by atoms with Gasteiger partial charge in [-0.25, -0.2) is 0 Å². The van der Waals surface area contributed by atoms with Gasteiger partial charge in [0.2, 0.25) is 0 Å². The van der Waals surface area contributed by atoms with E-state index in [1.54, 1.807) is 12.1 Å². The summed E-state index contributed by atoms with van der Waals surface area (Å²) in [4.78, 5) is 28.6. The summed E-state index contributed by atoms with van der Waals surface area (Å²) in [6.45, 7) is 9.33. The number of fused-ring (bicyclic) bond motifs is 1. The van der Waals surface area contributed by atoms with E-state index in [1.807, 2.05) is 68.4 Å². The molecule has 1 amide bonds. The van der Waals surface area contributed by atoms with Crippen molar-refractivity contribution in [1.82, 2.24) is 4.90 Å². The number of hydrogen-bond donors (Lipinski definition) is 1. The summed E-state index contributed by atoms with van der Waals surface area (Å²) >= 11 is 0. The minimum absolute atomic E-state index is 0.0390. The van der Waals surface area contributed by atoms with Crippen LogP contribution in [0.3, 0.4) is 0 Å². The zero-order valence-electron chi connectivity index (χ0n) is 24.1. The number of rotatable bonds is 10. The molecule has 2 heterocycles. The van der Waals surface area contributed by atoms with E-state index < -0.39 is 17.7 Å². The van der Waals surface area contributed by atoms with Crippen LogP contribution in [0.25, 0.3) is 5.76 Å². The molecule has 3 aromatic carbocycles. The molecule has 2 atom stereocenters. The predicted octanol–water partition coefficient (Wildman–Crippen LogP) is 6.46. The fraction of sp³-hybridized carbons (Fsp3) is 0.353. The Morgan fingerprint density at radius 2 is 1.80 bits per heavy atom. The third kappa shape index (κ3) is 5.94. The Morgan fingerprint density at radius 3 is 2.54 bits per heavy atom. The van der Waals surface area contributed by atoms with E-state index in [1.165, 1.54) is 4.90 Å². The fourth-order valence-corrected chi connectivity index (χ4v) is 5.38. The maximum absolute atomic E-state index is 13.6. The van der Waals surface area contributed by atoms with Crippen LogP contribution in [-0.2, 0) is 22.6 Å². The summed E-state index contributed by atoms with van der Waals surface area (Å²) in [6.07, 6.45) is 1.64. The van der Waals surface area contributed by atoms with Gasteiger partial charge >= 0.3 is 0 Å². The van der Waals surface area contributed by atoms with Crippen molar-refractivity contribution in [3.05, 3.63) is 94.6 Å². The molecule has 1 N–H and O–H groups in total. The topological polar surface area (TPSA) is 85.3 Å². The molecule has 5 rings (SSSR count). The first-order valence-electron chi connectivity index (χ1n) is 14.3. The quantitative estimate of drug-likeness (QED) is 0.176. The van der Waals surface area contributed by atoms with Gasteiger partial charge in [-0.3, -0.25) is 9.59 Å². The van der Waals surface area contributed by atoms with Gasteiger partial charge in [0.1, 0.15) is 17.6 Å². The zero-order chi connectivity index (χ0) is 29.1. The molecule has 0 bridgehead atoms. The normalized spacial score (nSPS) is 19.4. The van der Waals surface area contributed by atoms with Gasteiger partial charge in [0.25, 0.3) is 11.7 Å². The maximum Gasteiger partial charge on any atom is 0.295 e. The first-order valence-corrected chi connectivity index (χ1v) is 14.3. The van der Waals surface area contributed by atoms with E-state index in [0.717, 1.165) is 23.3 Å². The van der Waals surface area contributed by atoms with Crippen molar-refractivity contribution in [3.8, 4) is 17.2 Å². The number of likely N-dealkylation sites (tertiary alicyclic amines) is 1. The number of ketones is 1. The highest BCUT2D eigenvalue weighted by Gasteiger charge is 2.46. The molecule has 0 saturated carbocycles. The number of nitrogens with zero attached hydrogens (tertiary/aromatic N) is 1. The Bertz CT molecular complexity index is 1460. The maximum atomic E-state index is 13.6. The molecular weight excluding hydrogens is 518 g/mol. The highest BCUT2D eigenvalue weighted by Crippen LogP contribution is 2.43. The van der Waals surface area contributed by atoms with Gasteiger partial charge in [-0.15, -0.1) is 0 Å². The number of amides is 1. The summed E-state index contributed by atoms with van der Waals surface area (Å²) in [5.74, 6) is 0.812. The van der Waals surface area contributed by atoms with Crippen molar-refractivity contribution in [3.63, 3.8) is 0 Å². The largest absolute Gasteiger partial charge is 0.507 e. The molecule has 3 aromatic rings. The Balaban J connectivity index is 1.60. The van der Waals surface area contributed by atoms with Crippen molar-refractivity contribution in [2.45, 2.75) is 59.2 Å². The van der Waals surface area contributed by atoms with Crippen LogP contribution in [-0.4, -0.2) is 41.0 Å². The third-order valence-corrected chi connectivity index (χ3v) is 7.44. The molecule has 0 radical (unpaired) electrons. The van der Waals surface area contributed by atoms with Crippen molar-refractivity contribution < 1.29 is 28.9 Å². The number of aliphatic hydroxyl groups excluding tert-OH is 1. The SMILES string of the molecule is CCOc1cc([C@H]2/C(=C(\O)c3ccc4c(c3)C[C@@H](C)O4)C(=O)C(=O)N2Cc2ccccc2)ccc1OCCC(C)C. The zero-order valence-corrected chi connectivity index (χ0v) is 24.1. The molecule has 0 aromatic heterocycles. The van der Waals surface area contributed by atoms with Crippen LogP contribution in [0.4, 0.5) is 0 Å². The van der Waals surface area contributed by atoms with Gasteiger partial charge in [-0.05, 0) is 73.2 Å². The van der Waals surface area contributed by atoms with Gasteiger partial charge < -0.3 is 24.2 Å². The highest BCUT2D eigenvalue weighted by molar-refractivity contribution is 6.46. The average Bonchev–Trinajstić information content (AvgIpc) is 3.45. The second kappa shape index (κ2) is 12.1. The van der Waals surface area contributed by atoms with Crippen LogP contribution in [0, 0.1) is 5.92 Å². The van der Waals surface area contributed by atoms with Crippen LogP contribution in [0.1, 0.15) is 62.4 Å². The molecule has 1 fully saturated rings. The summed E-state index contributed by atoms with van der Waals surface area (Å²) in [5.41, 5.74) is 3.01. The molecule has 2 aliphatic rings. The van der Waals surface area contributed by atoms with Crippen LogP contribution in [0.2, 0.25) is 0 Å². The minimum Gasteiger partial charge on any atom is -0.507 e. The van der Waals surface area contributed by atoms with Gasteiger partial charge in [0.05, 0.1) is 24.8 Å². The lowest BCUT2D eigenvalue weighted by Crippen LogP contribution is -2.29. The van der Waals surface area contributed by atoms with Crippen molar-refractivity contribution in [2.75, 3.05) is 13.2 Å². The monoisotopic (exact) mass is 555 g/mol. The number of benzene rings is 3. The van der Waals surface area contributed by atoms with E-state index in [0.29, 0.717) is 48.2 Å². The molecule has 7 nitrogen and oxygen atoms in total. The standard InChI is InChI=1S/C34H37NO6/c1-5-39-29-19-24(11-14-28(29)40-16-15-21(2)3)31-30(32(36)25-12-13-27-26(18-25)17-22(4)41-27)33(37)34(38)35(31)20-23-9-7-6-8-10-23/h6-14,18-19,21-22,31,36H,5,15-17,20H2,1-4H3/b32-30+/t22-,31+/m1/s1. The van der Waals surface area contributed by atoms with Gasteiger partial charge in [0, 0.05) is 18.5 Å². The molecule has 1 saturated heterocycles. The van der Waals surface area contributed by atoms with Crippen LogP contribution in [0.15, 0.2) is 72.3 Å². The van der Waals surface area contributed by atoms with E-state index in [2.05, 4.69) is 13.8 Å². The predicted molar refractivity (Wildman–Crippen MR) is 157 cm³/mol. The lowest BCUT2D eigenvalue weighted by molar-refractivity contribution is -0.140. The number of hydrogen-bond acceptors (Lipinski definition) is 6. The first kappa shape index (κ1) is 28.3. The molecule has 2 aliphatic heterocycles. The Labute approximate surface area is 241 Å². The second-order valence-electron chi connectivity index (χ2n) is 11.0. The molecule has 0 unspecified atom stereocenters. The molecule has 0 aliphatic carbocycles. The lowest BCUT2D eigenvalue weighted by Gasteiger charge is -2.26. The summed E-state index contributed by atoms with van der Waals surface area (Å²) < 4.78 is 17.8. The lowest BCUT2D eigenvalue weighted by atomic mass is 9.94. The highest BCUT2D eigenvalue weighted by atomic mass is 16.5. The summed E-state index contributed by atoms with van der Waals surface area (Å²) in [5, 5.41) is 11.6. The molecule has 214 valence electrons. The van der Waals surface area contributed by atoms with Gasteiger partial charge in [0.15, 0.2) is 11.5 Å². The Morgan fingerprint density at radius 1 is 1.02 bits per heavy atom. The van der Waals surface area contributed by atoms with Gasteiger partial charge in [-0.2, -0.15) is 0 Å². The number of ether oxygens (including phenoxy) is 3. The number of aliphatic hydroxyl groups is 1. The molecule has 41 heavy (non-hydrogen) atoms. The molecule has 7 heteroatoms. The van der Waals surface area contributed by atoms with Crippen molar-refractivity contribution >= 4 is 17.4 Å². The molecular formula is C34H37NO6. The average molecular weight is 556 g/mol. The fourth-order valence-electron chi connectivity index (χ4n) is 5.38. The van der Waals surface area contributed by atoms with Crippen LogP contribution in [0.5, 0.6) is 17.2 Å². The van der Waals surface area contributed by atoms with Crippen LogP contribution < -0.4 is 14.2 Å². The smallest absolute Gasteiger partial charge is 0.295 e. The minimum atomic E-state index is -0.817. The number of carbonyl (C=O) groups excluding carboxylic acids is 2. The van der Waals surface area contributed by atoms with E-state index in [4.69, 9.17) is 14.2 Å². The van der Waals surface area contributed by atoms with Crippen molar-refractivity contribution in [1.29, 1.82) is 0 Å². The third-order valence-electron chi connectivity index (χ3n) is 7.44. The second-order valence-corrected chi connectivity index (χ2v) is 11.0. The summed E-state index contributed by atoms with van der Waals surface area (Å²) in [6, 6.07) is 19.5. The number of Topliss-reactive ketones (excluding diaryl/α,β-unsaturated/α-hetero) is 1. The van der Waals surface area contributed by atoms with E-state index in [-0.39, 0.29) is 24.0 Å². The first-order chi connectivity index (χ1) is 19.8. The van der Waals surface area contributed by atoms with E-state index in [9.17, 15) is 14.7 Å². The van der Waals surface area contributed by atoms with Crippen LogP contribution >= 0.6 is 0 Å². The van der Waals surface area contributed by atoms with Gasteiger partial charge in [-0.1, -0.05) is 50.2 Å². The summed E-state index contributed by atoms with van der Waals surface area (Å²) in [7, 11) is 0. The Kier molecular flexibility index (Phi) is 8.34. The number of carbonyl (C=O) groups is 2. The Hall–Kier alpha value is -4.26. The van der Waals surface area contributed by atoms with E-state index >= 15 is 0 Å². The van der Waals surface area contributed by atoms with Crippen molar-refractivity contribution in [2.24, 2.45) is 5.92 Å². The molecule has 0 spiro atoms.